The van der Waals surface area contributed by atoms with Crippen LogP contribution in [0.1, 0.15) is 23.1 Å². The van der Waals surface area contributed by atoms with Crippen molar-refractivity contribution in [3.63, 3.8) is 0 Å². The topological polar surface area (TPSA) is 69.0 Å². The van der Waals surface area contributed by atoms with Gasteiger partial charge in [-0.3, -0.25) is 10.5 Å². The largest absolute Gasteiger partial charge is 0.456 e. The minimum Gasteiger partial charge on any atom is -0.456 e. The van der Waals surface area contributed by atoms with Crippen molar-refractivity contribution in [1.29, 1.82) is 0 Å². The van der Waals surface area contributed by atoms with Crippen molar-refractivity contribution >= 4 is 11.0 Å². The second-order valence-electron chi connectivity index (χ2n) is 4.72. The molecule has 6 heteroatoms. The lowest BCUT2D eigenvalue weighted by atomic mass is 10.1. The Hall–Kier alpha value is -2.18. The zero-order valence-electron chi connectivity index (χ0n) is 11.2. The molecule has 0 bridgehead atoms. The van der Waals surface area contributed by atoms with E-state index in [9.17, 15) is 4.39 Å². The summed E-state index contributed by atoms with van der Waals surface area (Å²) in [7, 11) is 1.85. The van der Waals surface area contributed by atoms with Crippen molar-refractivity contribution in [3.05, 3.63) is 53.3 Å². The Labute approximate surface area is 115 Å². The predicted molar refractivity (Wildman–Crippen MR) is 73.3 cm³/mol. The number of nitrogens with zero attached hydrogens (tertiary/aromatic N) is 2. The van der Waals surface area contributed by atoms with Gasteiger partial charge in [-0.1, -0.05) is 12.1 Å². The molecule has 5 nitrogen and oxygen atoms in total. The Morgan fingerprint density at radius 1 is 1.45 bits per heavy atom. The first-order valence-corrected chi connectivity index (χ1v) is 6.24. The zero-order chi connectivity index (χ0) is 14.3. The number of halogens is 1. The fourth-order valence-corrected chi connectivity index (χ4v) is 2.31. The molecular weight excluding hydrogens is 259 g/mol. The van der Waals surface area contributed by atoms with E-state index in [1.165, 1.54) is 6.07 Å². The van der Waals surface area contributed by atoms with Crippen LogP contribution < -0.4 is 11.3 Å². The third-order valence-electron chi connectivity index (χ3n) is 3.55. The third-order valence-corrected chi connectivity index (χ3v) is 3.55. The average Bonchev–Trinajstić information content (AvgIpc) is 2.99. The molecular formula is C14H15FN4O. The van der Waals surface area contributed by atoms with Crippen molar-refractivity contribution in [2.24, 2.45) is 12.9 Å². The molecule has 1 aromatic carbocycles. The van der Waals surface area contributed by atoms with Gasteiger partial charge >= 0.3 is 0 Å². The molecule has 0 spiro atoms. The molecule has 3 rings (SSSR count). The lowest BCUT2D eigenvalue weighted by molar-refractivity contribution is 0.463. The van der Waals surface area contributed by atoms with Gasteiger partial charge in [0.1, 0.15) is 11.8 Å². The van der Waals surface area contributed by atoms with Gasteiger partial charge in [-0.2, -0.15) is 5.10 Å². The fourth-order valence-electron chi connectivity index (χ4n) is 2.31. The fraction of sp³-hybridized carbons (Fsp3) is 0.214. The number of nitrogens with one attached hydrogen (secondary N) is 1. The number of benzene rings is 1. The Balaban J connectivity index is 2.12. The van der Waals surface area contributed by atoms with Crippen LogP contribution in [0.5, 0.6) is 0 Å². The summed E-state index contributed by atoms with van der Waals surface area (Å²) >= 11 is 0. The maximum absolute atomic E-state index is 13.7. The van der Waals surface area contributed by atoms with E-state index in [2.05, 4.69) is 10.5 Å². The summed E-state index contributed by atoms with van der Waals surface area (Å²) in [6.45, 7) is 1.94. The number of nitrogens with two attached hydrogens (primary N) is 1. The summed E-state index contributed by atoms with van der Waals surface area (Å²) in [5.74, 6) is 5.81. The molecule has 0 radical (unpaired) electrons. The van der Waals surface area contributed by atoms with E-state index in [-0.39, 0.29) is 17.4 Å². The molecule has 0 amide bonds. The van der Waals surface area contributed by atoms with E-state index < -0.39 is 0 Å². The SMILES string of the molecule is Cc1c(C(NN)c2cc3cccc(F)c3o2)cnn1C. The quantitative estimate of drug-likeness (QED) is 0.567. The molecule has 0 aliphatic carbocycles. The van der Waals surface area contributed by atoms with Gasteiger partial charge in [0.15, 0.2) is 11.4 Å². The van der Waals surface area contributed by atoms with Crippen LogP contribution in [0.15, 0.2) is 34.9 Å². The first-order valence-electron chi connectivity index (χ1n) is 6.24. The van der Waals surface area contributed by atoms with Gasteiger partial charge in [-0.05, 0) is 19.1 Å². The molecule has 0 aliphatic heterocycles. The van der Waals surface area contributed by atoms with Crippen LogP contribution in [0.2, 0.25) is 0 Å². The average molecular weight is 274 g/mol. The number of hydrogen-bond acceptors (Lipinski definition) is 4. The number of fused-ring (bicyclic) bond motifs is 1. The van der Waals surface area contributed by atoms with E-state index in [4.69, 9.17) is 10.3 Å². The highest BCUT2D eigenvalue weighted by Gasteiger charge is 2.22. The maximum Gasteiger partial charge on any atom is 0.169 e. The van der Waals surface area contributed by atoms with Crippen molar-refractivity contribution < 1.29 is 8.81 Å². The van der Waals surface area contributed by atoms with Crippen LogP contribution in [0, 0.1) is 12.7 Å². The van der Waals surface area contributed by atoms with Gasteiger partial charge in [0.2, 0.25) is 0 Å². The lowest BCUT2D eigenvalue weighted by Crippen LogP contribution is -2.28. The molecule has 104 valence electrons. The van der Waals surface area contributed by atoms with Crippen LogP contribution in [-0.4, -0.2) is 9.78 Å². The standard InChI is InChI=1S/C14H15FN4O/c1-8-10(7-17-19(8)2)13(18-16)12-6-9-4-3-5-11(15)14(9)20-12/h3-7,13,18H,16H2,1-2H3. The summed E-state index contributed by atoms with van der Waals surface area (Å²) in [6.07, 6.45) is 1.73. The Kier molecular flexibility index (Phi) is 3.04. The normalized spacial score (nSPS) is 13.0. The highest BCUT2D eigenvalue weighted by molar-refractivity contribution is 5.78. The molecule has 2 aromatic heterocycles. The molecule has 1 atom stereocenters. The number of aromatic nitrogens is 2. The van der Waals surface area contributed by atoms with E-state index >= 15 is 0 Å². The highest BCUT2D eigenvalue weighted by atomic mass is 19.1. The van der Waals surface area contributed by atoms with Gasteiger partial charge < -0.3 is 4.42 Å². The number of para-hydroxylation sites is 1. The molecule has 0 aliphatic rings. The van der Waals surface area contributed by atoms with Gasteiger partial charge in [-0.25, -0.2) is 9.82 Å². The Morgan fingerprint density at radius 3 is 2.85 bits per heavy atom. The number of hydrogen-bond donors (Lipinski definition) is 2. The van der Waals surface area contributed by atoms with Crippen LogP contribution in [0.4, 0.5) is 4.39 Å². The Bertz CT molecular complexity index is 762. The third kappa shape index (κ3) is 1.90. The summed E-state index contributed by atoms with van der Waals surface area (Å²) in [4.78, 5) is 0. The molecule has 0 saturated carbocycles. The van der Waals surface area contributed by atoms with Crippen molar-refractivity contribution in [2.45, 2.75) is 13.0 Å². The second kappa shape index (κ2) is 4.73. The van der Waals surface area contributed by atoms with Crippen LogP contribution in [0.25, 0.3) is 11.0 Å². The number of hydrazine groups is 1. The van der Waals surface area contributed by atoms with Gasteiger partial charge in [-0.15, -0.1) is 0 Å². The summed E-state index contributed by atoms with van der Waals surface area (Å²) < 4.78 is 21.1. The van der Waals surface area contributed by atoms with Crippen LogP contribution in [-0.2, 0) is 7.05 Å². The lowest BCUT2D eigenvalue weighted by Gasteiger charge is -2.12. The molecule has 0 saturated heterocycles. The van der Waals surface area contributed by atoms with E-state index in [1.54, 1.807) is 29.1 Å². The van der Waals surface area contributed by atoms with Gasteiger partial charge in [0.25, 0.3) is 0 Å². The summed E-state index contributed by atoms with van der Waals surface area (Å²) in [6, 6.07) is 6.24. The van der Waals surface area contributed by atoms with Crippen LogP contribution >= 0.6 is 0 Å². The first kappa shape index (κ1) is 12.8. The smallest absolute Gasteiger partial charge is 0.169 e. The number of aryl methyl sites for hydroxylation is 1. The molecule has 0 fully saturated rings. The number of rotatable bonds is 3. The first-order chi connectivity index (χ1) is 9.61. The Morgan fingerprint density at radius 2 is 2.25 bits per heavy atom. The summed E-state index contributed by atoms with van der Waals surface area (Å²) in [5.41, 5.74) is 4.80. The van der Waals surface area contributed by atoms with Gasteiger partial charge in [0, 0.05) is 23.7 Å². The molecule has 3 N–H and O–H groups in total. The van der Waals surface area contributed by atoms with E-state index in [0.717, 1.165) is 11.3 Å². The molecule has 20 heavy (non-hydrogen) atoms. The highest BCUT2D eigenvalue weighted by Crippen LogP contribution is 2.30. The van der Waals surface area contributed by atoms with E-state index in [0.29, 0.717) is 11.1 Å². The van der Waals surface area contributed by atoms with Crippen molar-refractivity contribution in [1.82, 2.24) is 15.2 Å². The van der Waals surface area contributed by atoms with Crippen molar-refractivity contribution in [3.8, 4) is 0 Å². The van der Waals surface area contributed by atoms with Gasteiger partial charge in [0.05, 0.1) is 6.20 Å². The zero-order valence-corrected chi connectivity index (χ0v) is 11.2. The maximum atomic E-state index is 13.7. The van der Waals surface area contributed by atoms with Crippen LogP contribution in [0.3, 0.4) is 0 Å². The van der Waals surface area contributed by atoms with Crippen molar-refractivity contribution in [2.75, 3.05) is 0 Å². The molecule has 3 aromatic rings. The summed E-state index contributed by atoms with van der Waals surface area (Å²) in [5, 5.41) is 4.90. The minimum absolute atomic E-state index is 0.240. The molecule has 1 unspecified atom stereocenters. The monoisotopic (exact) mass is 274 g/mol. The predicted octanol–water partition coefficient (Wildman–Crippen LogP) is 2.17. The minimum atomic E-state index is -0.382. The van der Waals surface area contributed by atoms with E-state index in [1.807, 2.05) is 14.0 Å². The second-order valence-corrected chi connectivity index (χ2v) is 4.72. The molecule has 2 heterocycles. The number of furan rings is 1.